The molecule has 0 unspecified atom stereocenters. The Labute approximate surface area is 107 Å². The summed E-state index contributed by atoms with van der Waals surface area (Å²) < 4.78 is 5.55. The van der Waals surface area contributed by atoms with E-state index in [2.05, 4.69) is 15.3 Å². The lowest BCUT2D eigenvalue weighted by atomic mass is 10.4. The molecule has 2 heterocycles. The standard InChI is InChI=1S/C13H18N4O/c1-4-14-12-7-13(16-9-15-12)17(3)8-11-6-5-10(2)18-11/h5-7,9H,4,8H2,1-3H3,(H,14,15,16). The van der Waals surface area contributed by atoms with Gasteiger partial charge in [0.1, 0.15) is 29.5 Å². The Morgan fingerprint density at radius 2 is 2.17 bits per heavy atom. The number of aromatic nitrogens is 2. The maximum absolute atomic E-state index is 5.55. The fourth-order valence-electron chi connectivity index (χ4n) is 1.72. The van der Waals surface area contributed by atoms with Crippen LogP contribution in [0.15, 0.2) is 28.9 Å². The molecule has 18 heavy (non-hydrogen) atoms. The van der Waals surface area contributed by atoms with Crippen molar-refractivity contribution in [2.24, 2.45) is 0 Å². The maximum atomic E-state index is 5.55. The van der Waals surface area contributed by atoms with E-state index in [-0.39, 0.29) is 0 Å². The molecule has 1 N–H and O–H groups in total. The fraction of sp³-hybridized carbons (Fsp3) is 0.385. The molecule has 0 saturated heterocycles. The number of hydrogen-bond donors (Lipinski definition) is 1. The Morgan fingerprint density at radius 1 is 1.33 bits per heavy atom. The first kappa shape index (κ1) is 12.4. The summed E-state index contributed by atoms with van der Waals surface area (Å²) in [5.74, 6) is 3.56. The lowest BCUT2D eigenvalue weighted by Gasteiger charge is -2.17. The average molecular weight is 246 g/mol. The van der Waals surface area contributed by atoms with Crippen molar-refractivity contribution in [3.63, 3.8) is 0 Å². The predicted molar refractivity (Wildman–Crippen MR) is 71.7 cm³/mol. The quantitative estimate of drug-likeness (QED) is 0.878. The molecule has 2 rings (SSSR count). The molecule has 0 aliphatic rings. The zero-order valence-corrected chi connectivity index (χ0v) is 11.0. The minimum atomic E-state index is 0.691. The molecule has 0 bridgehead atoms. The van der Waals surface area contributed by atoms with Crippen LogP contribution in [0.3, 0.4) is 0 Å². The highest BCUT2D eigenvalue weighted by molar-refractivity contribution is 5.47. The van der Waals surface area contributed by atoms with E-state index in [0.29, 0.717) is 6.54 Å². The minimum Gasteiger partial charge on any atom is -0.464 e. The van der Waals surface area contributed by atoms with Gasteiger partial charge in [-0.15, -0.1) is 0 Å². The molecule has 0 aromatic carbocycles. The second-order valence-corrected chi connectivity index (χ2v) is 4.16. The van der Waals surface area contributed by atoms with Crippen LogP contribution >= 0.6 is 0 Å². The molecule has 2 aromatic heterocycles. The van der Waals surface area contributed by atoms with Gasteiger partial charge < -0.3 is 14.6 Å². The first-order chi connectivity index (χ1) is 8.69. The Hall–Kier alpha value is -2.04. The molecular weight excluding hydrogens is 228 g/mol. The number of nitrogens with zero attached hydrogens (tertiary/aromatic N) is 3. The van der Waals surface area contributed by atoms with E-state index in [0.717, 1.165) is 29.7 Å². The smallest absolute Gasteiger partial charge is 0.134 e. The molecule has 5 heteroatoms. The van der Waals surface area contributed by atoms with Gasteiger partial charge in [0.05, 0.1) is 6.54 Å². The molecule has 96 valence electrons. The fourth-order valence-corrected chi connectivity index (χ4v) is 1.72. The zero-order valence-electron chi connectivity index (χ0n) is 11.0. The van der Waals surface area contributed by atoms with E-state index < -0.39 is 0 Å². The third-order valence-corrected chi connectivity index (χ3v) is 2.59. The van der Waals surface area contributed by atoms with E-state index in [1.165, 1.54) is 0 Å². The average Bonchev–Trinajstić information content (AvgIpc) is 2.75. The molecule has 0 aliphatic heterocycles. The highest BCUT2D eigenvalue weighted by Gasteiger charge is 2.07. The number of nitrogens with one attached hydrogen (secondary N) is 1. The van der Waals surface area contributed by atoms with E-state index >= 15 is 0 Å². The van der Waals surface area contributed by atoms with Crippen molar-refractivity contribution in [3.05, 3.63) is 36.0 Å². The highest BCUT2D eigenvalue weighted by atomic mass is 16.3. The van der Waals surface area contributed by atoms with E-state index in [4.69, 9.17) is 4.42 Å². The lowest BCUT2D eigenvalue weighted by molar-refractivity contribution is 0.481. The van der Waals surface area contributed by atoms with Crippen LogP contribution in [0, 0.1) is 6.92 Å². The third-order valence-electron chi connectivity index (χ3n) is 2.59. The number of hydrogen-bond acceptors (Lipinski definition) is 5. The van der Waals surface area contributed by atoms with Crippen LogP contribution in [-0.2, 0) is 6.54 Å². The number of furan rings is 1. The van der Waals surface area contributed by atoms with Crippen molar-refractivity contribution in [1.29, 1.82) is 0 Å². The maximum Gasteiger partial charge on any atom is 0.134 e. The molecule has 0 spiro atoms. The molecular formula is C13H18N4O. The topological polar surface area (TPSA) is 54.2 Å². The van der Waals surface area contributed by atoms with Crippen molar-refractivity contribution >= 4 is 11.6 Å². The van der Waals surface area contributed by atoms with E-state index in [1.54, 1.807) is 6.33 Å². The monoisotopic (exact) mass is 246 g/mol. The van der Waals surface area contributed by atoms with Crippen molar-refractivity contribution in [2.75, 3.05) is 23.8 Å². The van der Waals surface area contributed by atoms with Gasteiger partial charge in [-0.1, -0.05) is 0 Å². The summed E-state index contributed by atoms with van der Waals surface area (Å²) in [6.07, 6.45) is 1.57. The summed E-state index contributed by atoms with van der Waals surface area (Å²) >= 11 is 0. The normalized spacial score (nSPS) is 10.4. The summed E-state index contributed by atoms with van der Waals surface area (Å²) in [5.41, 5.74) is 0. The molecule has 0 aliphatic carbocycles. The van der Waals surface area contributed by atoms with Gasteiger partial charge in [-0.2, -0.15) is 0 Å². The Kier molecular flexibility index (Phi) is 3.82. The highest BCUT2D eigenvalue weighted by Crippen LogP contribution is 2.16. The SMILES string of the molecule is CCNc1cc(N(C)Cc2ccc(C)o2)ncn1. The van der Waals surface area contributed by atoms with Crippen LogP contribution < -0.4 is 10.2 Å². The van der Waals surface area contributed by atoms with Crippen LogP contribution in [0.1, 0.15) is 18.4 Å². The molecule has 2 aromatic rings. The molecule has 0 radical (unpaired) electrons. The van der Waals surface area contributed by atoms with Crippen LogP contribution in [0.2, 0.25) is 0 Å². The van der Waals surface area contributed by atoms with Crippen LogP contribution in [0.4, 0.5) is 11.6 Å². The van der Waals surface area contributed by atoms with Gasteiger partial charge in [0.2, 0.25) is 0 Å². The second kappa shape index (κ2) is 5.53. The minimum absolute atomic E-state index is 0.691. The van der Waals surface area contributed by atoms with Gasteiger partial charge in [0.15, 0.2) is 0 Å². The Bertz CT molecular complexity index is 509. The molecule has 0 saturated carbocycles. The number of anilines is 2. The molecule has 5 nitrogen and oxygen atoms in total. The summed E-state index contributed by atoms with van der Waals surface area (Å²) in [4.78, 5) is 10.4. The van der Waals surface area contributed by atoms with Crippen molar-refractivity contribution in [2.45, 2.75) is 20.4 Å². The zero-order chi connectivity index (χ0) is 13.0. The number of aryl methyl sites for hydroxylation is 1. The van der Waals surface area contributed by atoms with Gasteiger partial charge in [-0.25, -0.2) is 9.97 Å². The summed E-state index contributed by atoms with van der Waals surface area (Å²) in [7, 11) is 1.98. The van der Waals surface area contributed by atoms with Gasteiger partial charge in [0.25, 0.3) is 0 Å². The third kappa shape index (κ3) is 3.00. The Balaban J connectivity index is 2.08. The predicted octanol–water partition coefficient (Wildman–Crippen LogP) is 2.45. The van der Waals surface area contributed by atoms with E-state index in [1.807, 2.05) is 44.0 Å². The summed E-state index contributed by atoms with van der Waals surface area (Å²) in [6.45, 7) is 5.52. The first-order valence-electron chi connectivity index (χ1n) is 6.01. The van der Waals surface area contributed by atoms with Gasteiger partial charge in [-0.3, -0.25) is 0 Å². The van der Waals surface area contributed by atoms with Gasteiger partial charge in [0, 0.05) is 19.7 Å². The van der Waals surface area contributed by atoms with Gasteiger partial charge >= 0.3 is 0 Å². The lowest BCUT2D eigenvalue weighted by Crippen LogP contribution is -2.17. The number of rotatable bonds is 5. The van der Waals surface area contributed by atoms with Crippen LogP contribution in [0.25, 0.3) is 0 Å². The van der Waals surface area contributed by atoms with Crippen LogP contribution in [0.5, 0.6) is 0 Å². The van der Waals surface area contributed by atoms with E-state index in [9.17, 15) is 0 Å². The molecule has 0 fully saturated rings. The second-order valence-electron chi connectivity index (χ2n) is 4.16. The van der Waals surface area contributed by atoms with Crippen molar-refractivity contribution in [1.82, 2.24) is 9.97 Å². The Morgan fingerprint density at radius 3 is 2.83 bits per heavy atom. The molecule has 0 amide bonds. The first-order valence-corrected chi connectivity index (χ1v) is 6.01. The summed E-state index contributed by atoms with van der Waals surface area (Å²) in [5, 5.41) is 3.17. The van der Waals surface area contributed by atoms with Gasteiger partial charge in [-0.05, 0) is 26.0 Å². The largest absolute Gasteiger partial charge is 0.464 e. The van der Waals surface area contributed by atoms with Crippen LogP contribution in [-0.4, -0.2) is 23.6 Å². The van der Waals surface area contributed by atoms with Crippen molar-refractivity contribution in [3.8, 4) is 0 Å². The molecule has 0 atom stereocenters. The summed E-state index contributed by atoms with van der Waals surface area (Å²) in [6, 6.07) is 5.88. The van der Waals surface area contributed by atoms with Crippen molar-refractivity contribution < 1.29 is 4.42 Å².